The summed E-state index contributed by atoms with van der Waals surface area (Å²) < 4.78 is 0. The lowest BCUT2D eigenvalue weighted by Crippen LogP contribution is -2.28. The summed E-state index contributed by atoms with van der Waals surface area (Å²) in [5.74, 6) is 0.956. The Bertz CT molecular complexity index is 411. The third kappa shape index (κ3) is 2.16. The Morgan fingerprint density at radius 2 is 2.33 bits per heavy atom. The van der Waals surface area contributed by atoms with Gasteiger partial charge in [0.05, 0.1) is 5.56 Å². The minimum atomic E-state index is 0.613. The van der Waals surface area contributed by atoms with Crippen LogP contribution in [-0.2, 0) is 0 Å². The van der Waals surface area contributed by atoms with Crippen LogP contribution >= 0.6 is 0 Å². The lowest BCUT2D eigenvalue weighted by Gasteiger charge is -2.26. The number of rotatable bonds is 1. The highest BCUT2D eigenvalue weighted by molar-refractivity contribution is 5.43. The van der Waals surface area contributed by atoms with Crippen molar-refractivity contribution in [3.63, 3.8) is 0 Å². The smallest absolute Gasteiger partial charge is 0.128 e. The maximum Gasteiger partial charge on any atom is 0.128 e. The van der Waals surface area contributed by atoms with E-state index in [0.717, 1.165) is 25.3 Å². The highest BCUT2D eigenvalue weighted by Crippen LogP contribution is 2.17. The van der Waals surface area contributed by atoms with Gasteiger partial charge in [-0.1, -0.05) is 11.6 Å². The number of nitrogens with zero attached hydrogens (tertiary/aromatic N) is 3. The average Bonchev–Trinajstić information content (AvgIpc) is 2.30. The van der Waals surface area contributed by atoms with E-state index in [1.807, 2.05) is 12.1 Å². The summed E-state index contributed by atoms with van der Waals surface area (Å²) in [6.45, 7) is 4.09. The first kappa shape index (κ1) is 9.72. The van der Waals surface area contributed by atoms with Crippen LogP contribution in [-0.4, -0.2) is 18.1 Å². The second kappa shape index (κ2) is 4.14. The van der Waals surface area contributed by atoms with E-state index in [1.165, 1.54) is 5.57 Å². The number of aromatic nitrogens is 1. The van der Waals surface area contributed by atoms with E-state index in [1.54, 1.807) is 6.20 Å². The van der Waals surface area contributed by atoms with Gasteiger partial charge >= 0.3 is 0 Å². The van der Waals surface area contributed by atoms with Crippen LogP contribution in [0.2, 0.25) is 0 Å². The molecular weight excluding hydrogens is 186 g/mol. The molecule has 76 valence electrons. The molecule has 1 aromatic rings. The number of nitriles is 1. The van der Waals surface area contributed by atoms with E-state index in [0.29, 0.717) is 5.56 Å². The van der Waals surface area contributed by atoms with E-state index in [-0.39, 0.29) is 0 Å². The molecule has 3 heteroatoms. The van der Waals surface area contributed by atoms with Gasteiger partial charge < -0.3 is 4.90 Å². The van der Waals surface area contributed by atoms with Gasteiger partial charge in [-0.15, -0.1) is 0 Å². The van der Waals surface area contributed by atoms with Crippen molar-refractivity contribution in [2.24, 2.45) is 0 Å². The Morgan fingerprint density at radius 1 is 1.47 bits per heavy atom. The number of hydrogen-bond acceptors (Lipinski definition) is 3. The summed E-state index contributed by atoms with van der Waals surface area (Å²) in [7, 11) is 0. The minimum absolute atomic E-state index is 0.613. The number of hydrogen-bond donors (Lipinski definition) is 0. The fraction of sp³-hybridized carbons (Fsp3) is 0.333. The van der Waals surface area contributed by atoms with Crippen LogP contribution in [0.25, 0.3) is 0 Å². The van der Waals surface area contributed by atoms with Crippen molar-refractivity contribution in [2.75, 3.05) is 18.0 Å². The lowest BCUT2D eigenvalue weighted by molar-refractivity contribution is 0.775. The van der Waals surface area contributed by atoms with E-state index < -0.39 is 0 Å². The molecule has 0 amide bonds. The Morgan fingerprint density at radius 3 is 2.87 bits per heavy atom. The molecule has 0 N–H and O–H groups in total. The topological polar surface area (TPSA) is 39.9 Å². The van der Waals surface area contributed by atoms with Crippen LogP contribution in [0.5, 0.6) is 0 Å². The third-order valence-electron chi connectivity index (χ3n) is 2.64. The molecule has 3 nitrogen and oxygen atoms in total. The van der Waals surface area contributed by atoms with Gasteiger partial charge in [0.1, 0.15) is 11.9 Å². The zero-order valence-electron chi connectivity index (χ0n) is 8.77. The van der Waals surface area contributed by atoms with Crippen LogP contribution in [0.1, 0.15) is 18.9 Å². The summed E-state index contributed by atoms with van der Waals surface area (Å²) in [5, 5.41) is 8.66. The molecule has 0 radical (unpaired) electrons. The van der Waals surface area contributed by atoms with Crippen molar-refractivity contribution in [3.05, 3.63) is 35.5 Å². The fourth-order valence-corrected chi connectivity index (χ4v) is 1.62. The van der Waals surface area contributed by atoms with Crippen molar-refractivity contribution >= 4 is 5.82 Å². The van der Waals surface area contributed by atoms with Crippen molar-refractivity contribution in [3.8, 4) is 6.07 Å². The van der Waals surface area contributed by atoms with E-state index in [4.69, 9.17) is 5.26 Å². The van der Waals surface area contributed by atoms with Gasteiger partial charge in [0.25, 0.3) is 0 Å². The fourth-order valence-electron chi connectivity index (χ4n) is 1.62. The first-order valence-electron chi connectivity index (χ1n) is 5.06. The highest BCUT2D eigenvalue weighted by atomic mass is 15.2. The Hall–Kier alpha value is -1.82. The largest absolute Gasteiger partial charge is 0.353 e. The van der Waals surface area contributed by atoms with Gasteiger partial charge in [0, 0.05) is 19.3 Å². The SMILES string of the molecule is CC1=CCN(c2ccc(C#N)cn2)CC1. The van der Waals surface area contributed by atoms with Gasteiger partial charge in [0.15, 0.2) is 0 Å². The molecule has 0 bridgehead atoms. The second-order valence-corrected chi connectivity index (χ2v) is 3.76. The number of anilines is 1. The lowest BCUT2D eigenvalue weighted by atomic mass is 10.1. The molecule has 0 atom stereocenters. The summed E-state index contributed by atoms with van der Waals surface area (Å²) in [6, 6.07) is 5.79. The predicted molar refractivity (Wildman–Crippen MR) is 59.5 cm³/mol. The maximum absolute atomic E-state index is 8.66. The molecule has 0 fully saturated rings. The first-order chi connectivity index (χ1) is 7.29. The Labute approximate surface area is 89.7 Å². The Balaban J connectivity index is 2.14. The summed E-state index contributed by atoms with van der Waals surface area (Å²) in [5.41, 5.74) is 2.06. The van der Waals surface area contributed by atoms with Crippen molar-refractivity contribution in [1.82, 2.24) is 4.98 Å². The van der Waals surface area contributed by atoms with Crippen LogP contribution in [0.15, 0.2) is 30.0 Å². The molecule has 1 aliphatic rings. The molecule has 15 heavy (non-hydrogen) atoms. The highest BCUT2D eigenvalue weighted by Gasteiger charge is 2.10. The van der Waals surface area contributed by atoms with Crippen LogP contribution in [0.4, 0.5) is 5.82 Å². The average molecular weight is 199 g/mol. The van der Waals surface area contributed by atoms with Gasteiger partial charge in [-0.2, -0.15) is 5.26 Å². The maximum atomic E-state index is 8.66. The molecule has 0 aliphatic carbocycles. The zero-order valence-corrected chi connectivity index (χ0v) is 8.77. The van der Waals surface area contributed by atoms with Gasteiger partial charge in [-0.05, 0) is 25.5 Å². The molecule has 0 unspecified atom stereocenters. The van der Waals surface area contributed by atoms with Crippen LogP contribution < -0.4 is 4.90 Å². The molecule has 0 saturated heterocycles. The molecule has 0 aromatic carbocycles. The molecule has 2 rings (SSSR count). The summed E-state index contributed by atoms with van der Waals surface area (Å²) in [4.78, 5) is 6.49. The summed E-state index contributed by atoms with van der Waals surface area (Å²) >= 11 is 0. The van der Waals surface area contributed by atoms with Crippen molar-refractivity contribution in [1.29, 1.82) is 5.26 Å². The van der Waals surface area contributed by atoms with E-state index in [2.05, 4.69) is 29.0 Å². The van der Waals surface area contributed by atoms with Gasteiger partial charge in [-0.3, -0.25) is 0 Å². The molecule has 1 aliphatic heterocycles. The first-order valence-corrected chi connectivity index (χ1v) is 5.06. The number of pyridine rings is 1. The Kier molecular flexibility index (Phi) is 2.68. The van der Waals surface area contributed by atoms with Gasteiger partial charge in [-0.25, -0.2) is 4.98 Å². The molecule has 1 aromatic heterocycles. The van der Waals surface area contributed by atoms with Crippen molar-refractivity contribution < 1.29 is 0 Å². The molecule has 2 heterocycles. The molecular formula is C12H13N3. The van der Waals surface area contributed by atoms with Gasteiger partial charge in [0.2, 0.25) is 0 Å². The zero-order chi connectivity index (χ0) is 10.7. The quantitative estimate of drug-likeness (QED) is 0.650. The monoisotopic (exact) mass is 199 g/mol. The normalized spacial score (nSPS) is 15.7. The standard InChI is InChI=1S/C12H13N3/c1-10-4-6-15(7-5-10)12-3-2-11(8-13)9-14-12/h2-4,9H,5-7H2,1H3. The molecule has 0 spiro atoms. The second-order valence-electron chi connectivity index (χ2n) is 3.76. The third-order valence-corrected chi connectivity index (χ3v) is 2.64. The molecule has 0 saturated carbocycles. The van der Waals surface area contributed by atoms with Crippen LogP contribution in [0, 0.1) is 11.3 Å². The van der Waals surface area contributed by atoms with E-state index >= 15 is 0 Å². The summed E-state index contributed by atoms with van der Waals surface area (Å²) in [6.07, 6.45) is 4.95. The minimum Gasteiger partial charge on any atom is -0.353 e. The van der Waals surface area contributed by atoms with Crippen LogP contribution in [0.3, 0.4) is 0 Å². The van der Waals surface area contributed by atoms with E-state index in [9.17, 15) is 0 Å². The van der Waals surface area contributed by atoms with Crippen molar-refractivity contribution in [2.45, 2.75) is 13.3 Å². The predicted octanol–water partition coefficient (Wildman–Crippen LogP) is 2.11.